The van der Waals surface area contributed by atoms with Crippen LogP contribution in [0.3, 0.4) is 0 Å². The quantitative estimate of drug-likeness (QED) is 0.132. The Balaban J connectivity index is 2.16. The van der Waals surface area contributed by atoms with Gasteiger partial charge in [-0.2, -0.15) is 4.98 Å². The number of halogens is 2. The third-order valence-corrected chi connectivity index (χ3v) is 8.92. The number of ether oxygens (including phenoxy) is 2. The van der Waals surface area contributed by atoms with Crippen LogP contribution >= 0.6 is 42.7 Å². The second-order valence-electron chi connectivity index (χ2n) is 10.0. The van der Waals surface area contributed by atoms with E-state index < -0.39 is 66.3 Å². The number of aromatic nitrogens is 2. The van der Waals surface area contributed by atoms with Crippen LogP contribution in [0, 0.1) is 5.41 Å². The molecule has 1 aromatic rings. The van der Waals surface area contributed by atoms with Gasteiger partial charge in [-0.15, -0.1) is 0 Å². The van der Waals surface area contributed by atoms with Crippen molar-refractivity contribution in [3.05, 3.63) is 22.7 Å². The number of alkyl halides is 2. The highest BCUT2D eigenvalue weighted by atomic mass is 35.5. The molecule has 0 aromatic carbocycles. The average Bonchev–Trinajstić information content (AvgIpc) is 3.03. The second kappa shape index (κ2) is 13.6. The zero-order chi connectivity index (χ0) is 29.8. The molecule has 0 amide bonds. The predicted octanol–water partition coefficient (Wildman–Crippen LogP) is 2.63. The molecule has 0 spiro atoms. The molecule has 1 unspecified atom stereocenters. The Bertz CT molecular complexity index is 1130. The Morgan fingerprint density at radius 2 is 1.97 bits per heavy atom. The number of anilines is 1. The van der Waals surface area contributed by atoms with Gasteiger partial charge in [0.25, 0.3) is 0 Å². The standard InChI is InChI=1S/C22H35Cl2N4O9PS/c1-12(2)36-17(30)13(3)27-38(33,34-9-10-39-19(31)21(4,5)6)35-11-14-16(29)22(23,24)18(37-14)28-8-7-15(25)26-20(28)32/h7-8,12-14,16,18,29H,9-11H2,1-6H3,(H,27,33)(H2,25,26,32)/t13-,14+,16+,18+,38?/m0/s1. The summed E-state index contributed by atoms with van der Waals surface area (Å²) >= 11 is 13.6. The van der Waals surface area contributed by atoms with E-state index in [1.54, 1.807) is 34.6 Å². The van der Waals surface area contributed by atoms with E-state index in [0.717, 1.165) is 16.3 Å². The van der Waals surface area contributed by atoms with E-state index in [2.05, 4.69) is 10.1 Å². The monoisotopic (exact) mass is 632 g/mol. The maximum absolute atomic E-state index is 13.6. The van der Waals surface area contributed by atoms with E-state index in [0.29, 0.717) is 0 Å². The van der Waals surface area contributed by atoms with Gasteiger partial charge in [0.1, 0.15) is 24.1 Å². The molecule has 0 aliphatic carbocycles. The fourth-order valence-electron chi connectivity index (χ4n) is 3.13. The molecule has 1 fully saturated rings. The molecule has 1 aliphatic rings. The first-order valence-electron chi connectivity index (χ1n) is 12.0. The molecule has 0 saturated carbocycles. The van der Waals surface area contributed by atoms with Crippen LogP contribution < -0.4 is 16.5 Å². The largest absolute Gasteiger partial charge is 0.462 e. The lowest BCUT2D eigenvalue weighted by Crippen LogP contribution is -2.40. The summed E-state index contributed by atoms with van der Waals surface area (Å²) in [7, 11) is -4.25. The molecule has 4 N–H and O–H groups in total. The maximum atomic E-state index is 13.6. The number of nitrogens with one attached hydrogen (secondary N) is 1. The van der Waals surface area contributed by atoms with E-state index in [4.69, 9.17) is 47.5 Å². The molecule has 2 rings (SSSR count). The van der Waals surface area contributed by atoms with Crippen LogP contribution in [0.25, 0.3) is 0 Å². The van der Waals surface area contributed by atoms with Crippen LogP contribution in [0.5, 0.6) is 0 Å². The molecule has 0 bridgehead atoms. The highest BCUT2D eigenvalue weighted by Gasteiger charge is 2.56. The summed E-state index contributed by atoms with van der Waals surface area (Å²) in [6.07, 6.45) is -3.44. The number of carbonyl (C=O) groups is 2. The van der Waals surface area contributed by atoms with Gasteiger partial charge in [-0.05, 0) is 26.8 Å². The van der Waals surface area contributed by atoms with Crippen molar-refractivity contribution in [2.75, 3.05) is 24.7 Å². The number of hydrogen-bond donors (Lipinski definition) is 3. The second-order valence-corrected chi connectivity index (χ2v) is 14.3. The Hall–Kier alpha value is -1.22. The number of aliphatic hydroxyl groups is 1. The highest BCUT2D eigenvalue weighted by molar-refractivity contribution is 8.13. The smallest absolute Gasteiger partial charge is 0.406 e. The Labute approximate surface area is 241 Å². The summed E-state index contributed by atoms with van der Waals surface area (Å²) in [5.41, 5.74) is 4.11. The third-order valence-electron chi connectivity index (χ3n) is 5.14. The minimum absolute atomic E-state index is 0.0407. The van der Waals surface area contributed by atoms with Gasteiger partial charge in [0.2, 0.25) is 0 Å². The first-order valence-corrected chi connectivity index (χ1v) is 15.3. The van der Waals surface area contributed by atoms with Gasteiger partial charge in [-0.25, -0.2) is 14.4 Å². The fraction of sp³-hybridized carbons (Fsp3) is 0.727. The molecule has 222 valence electrons. The maximum Gasteiger partial charge on any atom is 0.406 e. The number of esters is 1. The molecule has 1 aromatic heterocycles. The predicted molar refractivity (Wildman–Crippen MR) is 148 cm³/mol. The lowest BCUT2D eigenvalue weighted by atomic mass is 10.00. The lowest BCUT2D eigenvalue weighted by Gasteiger charge is -2.25. The summed E-state index contributed by atoms with van der Waals surface area (Å²) in [6.45, 7) is 9.27. The molecule has 5 atom stereocenters. The van der Waals surface area contributed by atoms with Gasteiger partial charge >= 0.3 is 19.4 Å². The summed E-state index contributed by atoms with van der Waals surface area (Å²) in [6, 6.07) is 0.209. The number of nitrogens with zero attached hydrogens (tertiary/aromatic N) is 2. The van der Waals surface area contributed by atoms with Crippen molar-refractivity contribution in [1.82, 2.24) is 14.6 Å². The average molecular weight is 633 g/mol. The molecule has 1 saturated heterocycles. The molecule has 0 radical (unpaired) electrons. The topological polar surface area (TPSA) is 181 Å². The van der Waals surface area contributed by atoms with E-state index in [1.165, 1.54) is 19.2 Å². The van der Waals surface area contributed by atoms with Crippen LogP contribution in [0.15, 0.2) is 17.1 Å². The zero-order valence-electron chi connectivity index (χ0n) is 22.5. The minimum Gasteiger partial charge on any atom is -0.462 e. The van der Waals surface area contributed by atoms with Crippen LogP contribution in [-0.4, -0.2) is 73.4 Å². The van der Waals surface area contributed by atoms with Crippen LogP contribution in [0.4, 0.5) is 5.82 Å². The number of nitrogens with two attached hydrogens (primary N) is 1. The molecule has 39 heavy (non-hydrogen) atoms. The van der Waals surface area contributed by atoms with Gasteiger partial charge in [-0.3, -0.25) is 23.2 Å². The first kappa shape index (κ1) is 34.0. The van der Waals surface area contributed by atoms with E-state index >= 15 is 0 Å². The number of aliphatic hydroxyl groups excluding tert-OH is 1. The Morgan fingerprint density at radius 1 is 1.33 bits per heavy atom. The van der Waals surface area contributed by atoms with Crippen molar-refractivity contribution < 1.29 is 37.8 Å². The minimum atomic E-state index is -4.25. The molecule has 13 nitrogen and oxygen atoms in total. The summed E-state index contributed by atoms with van der Waals surface area (Å²) in [5, 5.41) is 13.1. The molecule has 2 heterocycles. The van der Waals surface area contributed by atoms with Crippen molar-refractivity contribution in [1.29, 1.82) is 0 Å². The Morgan fingerprint density at radius 3 is 2.54 bits per heavy atom. The molecule has 1 aliphatic heterocycles. The van der Waals surface area contributed by atoms with Crippen molar-refractivity contribution in [3.63, 3.8) is 0 Å². The number of hydrogen-bond acceptors (Lipinski definition) is 12. The third kappa shape index (κ3) is 9.40. The summed E-state index contributed by atoms with van der Waals surface area (Å²) in [4.78, 5) is 40.3. The number of carbonyl (C=O) groups excluding carboxylic acids is 2. The van der Waals surface area contributed by atoms with Gasteiger partial charge in [0.15, 0.2) is 15.7 Å². The zero-order valence-corrected chi connectivity index (χ0v) is 25.7. The SMILES string of the molecule is CC(C)OC(=O)[C@H](C)NP(=O)(OCCSC(=O)C(C)(C)C)OC[C@H]1O[C@@H](n2ccc(N)nc2=O)C(Cl)(Cl)[C@@H]1O. The van der Waals surface area contributed by atoms with Crippen molar-refractivity contribution in [2.45, 2.75) is 76.5 Å². The lowest BCUT2D eigenvalue weighted by molar-refractivity contribution is -0.149. The van der Waals surface area contributed by atoms with Crippen LogP contribution in [-0.2, 0) is 32.7 Å². The van der Waals surface area contributed by atoms with Gasteiger partial charge < -0.3 is 20.3 Å². The van der Waals surface area contributed by atoms with Crippen LogP contribution in [0.2, 0.25) is 0 Å². The fourth-order valence-corrected chi connectivity index (χ4v) is 6.11. The molecular formula is C22H35Cl2N4O9PS. The number of rotatable bonds is 12. The van der Waals surface area contributed by atoms with Crippen molar-refractivity contribution >= 4 is 59.6 Å². The number of thioether (sulfide) groups is 1. The van der Waals surface area contributed by atoms with Gasteiger partial charge in [0, 0.05) is 17.4 Å². The highest BCUT2D eigenvalue weighted by Crippen LogP contribution is 2.49. The Kier molecular flexibility index (Phi) is 11.9. The van der Waals surface area contributed by atoms with E-state index in [1.807, 2.05) is 0 Å². The van der Waals surface area contributed by atoms with Crippen molar-refractivity contribution in [3.8, 4) is 0 Å². The van der Waals surface area contributed by atoms with Gasteiger partial charge in [-0.1, -0.05) is 55.7 Å². The summed E-state index contributed by atoms with van der Waals surface area (Å²) < 4.78 is 34.3. The van der Waals surface area contributed by atoms with Crippen molar-refractivity contribution in [2.24, 2.45) is 5.41 Å². The number of nitrogen functional groups attached to an aromatic ring is 1. The van der Waals surface area contributed by atoms with E-state index in [-0.39, 0.29) is 23.3 Å². The van der Waals surface area contributed by atoms with E-state index in [9.17, 15) is 24.1 Å². The molecular weight excluding hydrogens is 598 g/mol. The van der Waals surface area contributed by atoms with Crippen LogP contribution in [0.1, 0.15) is 47.8 Å². The molecule has 17 heteroatoms. The summed E-state index contributed by atoms with van der Waals surface area (Å²) in [5.74, 6) is -0.594. The van der Waals surface area contributed by atoms with Gasteiger partial charge in [0.05, 0.1) is 19.3 Å². The normalized spacial score (nSPS) is 23.4. The first-order chi connectivity index (χ1) is 17.9.